The number of rotatable bonds is 6. The predicted octanol–water partition coefficient (Wildman–Crippen LogP) is 4.36. The van der Waals surface area contributed by atoms with E-state index < -0.39 is 5.63 Å². The number of hydrogen-bond acceptors (Lipinski definition) is 6. The number of fused-ring (bicyclic) bond motifs is 3. The molecule has 0 atom stereocenters. The van der Waals surface area contributed by atoms with Gasteiger partial charge >= 0.3 is 5.63 Å². The zero-order valence-corrected chi connectivity index (χ0v) is 21.3. The molecule has 7 heteroatoms. The lowest BCUT2D eigenvalue weighted by molar-refractivity contribution is -0.124. The van der Waals surface area contributed by atoms with Gasteiger partial charge < -0.3 is 19.2 Å². The van der Waals surface area contributed by atoms with Crippen LogP contribution in [0.2, 0.25) is 0 Å². The van der Waals surface area contributed by atoms with E-state index in [2.05, 4.69) is 34.5 Å². The summed E-state index contributed by atoms with van der Waals surface area (Å²) < 4.78 is 17.8. The Balaban J connectivity index is 1.24. The molecule has 3 aromatic rings. The van der Waals surface area contributed by atoms with Gasteiger partial charge in [0.2, 0.25) is 0 Å². The third-order valence-corrected chi connectivity index (χ3v) is 7.16. The maximum absolute atomic E-state index is 12.8. The number of aryl methyl sites for hydroxylation is 2. The first-order valence-electron chi connectivity index (χ1n) is 12.8. The van der Waals surface area contributed by atoms with Crippen molar-refractivity contribution in [3.8, 4) is 11.5 Å². The van der Waals surface area contributed by atoms with Crippen LogP contribution in [0.4, 0.5) is 0 Å². The molecule has 3 heterocycles. The second-order valence-electron chi connectivity index (χ2n) is 10.6. The molecule has 7 nitrogen and oxygen atoms in total. The predicted molar refractivity (Wildman–Crippen MR) is 139 cm³/mol. The van der Waals surface area contributed by atoms with Crippen molar-refractivity contribution in [2.75, 3.05) is 19.7 Å². The minimum Gasteiger partial charge on any atom is -0.487 e. The highest BCUT2D eigenvalue weighted by Gasteiger charge is 2.30. The zero-order chi connectivity index (χ0) is 25.3. The minimum absolute atomic E-state index is 0.111. The van der Waals surface area contributed by atoms with Crippen molar-refractivity contribution in [1.29, 1.82) is 0 Å². The van der Waals surface area contributed by atoms with Gasteiger partial charge in [-0.1, -0.05) is 30.3 Å². The van der Waals surface area contributed by atoms with Gasteiger partial charge in [0.1, 0.15) is 22.7 Å². The van der Waals surface area contributed by atoms with E-state index >= 15 is 0 Å². The quantitative estimate of drug-likeness (QED) is 0.517. The highest BCUT2D eigenvalue weighted by Crippen LogP contribution is 2.42. The van der Waals surface area contributed by atoms with Crippen LogP contribution in [0.1, 0.15) is 49.8 Å². The third kappa shape index (κ3) is 5.41. The van der Waals surface area contributed by atoms with E-state index in [1.165, 1.54) is 11.6 Å². The molecule has 1 aromatic heterocycles. The Morgan fingerprint density at radius 2 is 1.92 bits per heavy atom. The molecule has 190 valence electrons. The van der Waals surface area contributed by atoms with E-state index in [-0.39, 0.29) is 24.2 Å². The first-order valence-corrected chi connectivity index (χ1v) is 12.8. The van der Waals surface area contributed by atoms with Crippen molar-refractivity contribution in [3.63, 3.8) is 0 Å². The summed E-state index contributed by atoms with van der Waals surface area (Å²) in [6.45, 7) is 8.64. The lowest BCUT2D eigenvalue weighted by Gasteiger charge is -2.33. The van der Waals surface area contributed by atoms with Crippen molar-refractivity contribution in [2.24, 2.45) is 0 Å². The van der Waals surface area contributed by atoms with Crippen molar-refractivity contribution in [1.82, 2.24) is 10.2 Å². The van der Waals surface area contributed by atoms with Crippen LogP contribution in [-0.4, -0.2) is 42.1 Å². The second-order valence-corrected chi connectivity index (χ2v) is 10.6. The summed E-state index contributed by atoms with van der Waals surface area (Å²) in [5, 5.41) is 3.85. The topological polar surface area (TPSA) is 81.0 Å². The molecule has 2 aliphatic rings. The van der Waals surface area contributed by atoms with Crippen LogP contribution in [0.3, 0.4) is 0 Å². The van der Waals surface area contributed by atoms with Gasteiger partial charge in [-0.05, 0) is 57.6 Å². The van der Waals surface area contributed by atoms with Crippen LogP contribution in [-0.2, 0) is 17.8 Å². The van der Waals surface area contributed by atoms with Crippen LogP contribution in [0, 0.1) is 6.92 Å². The standard InChI is InChI=1S/C29H34N2O5/c1-19-15-26(33)35-28-22-9-12-29(2,3)36-23(22)16-24(27(19)28)34-18-25(32)30-21-10-13-31(14-11-21)17-20-7-5-4-6-8-20/h4-8,15-16,21H,9-14,17-18H2,1-3H3,(H,30,32). The Labute approximate surface area is 211 Å². The van der Waals surface area contributed by atoms with Gasteiger partial charge in [-0.25, -0.2) is 4.79 Å². The van der Waals surface area contributed by atoms with Crippen LogP contribution in [0.5, 0.6) is 11.5 Å². The molecule has 1 fully saturated rings. The molecule has 2 aliphatic heterocycles. The molecular formula is C29H34N2O5. The summed E-state index contributed by atoms with van der Waals surface area (Å²) in [7, 11) is 0. The van der Waals surface area contributed by atoms with E-state index in [0.29, 0.717) is 17.1 Å². The summed E-state index contributed by atoms with van der Waals surface area (Å²) in [5.41, 5.74) is 2.72. The van der Waals surface area contributed by atoms with Crippen molar-refractivity contribution < 1.29 is 18.7 Å². The molecule has 0 bridgehead atoms. The van der Waals surface area contributed by atoms with Crippen molar-refractivity contribution in [3.05, 3.63) is 69.6 Å². The molecule has 5 rings (SSSR count). The Hall–Kier alpha value is -3.32. The molecule has 1 amide bonds. The van der Waals surface area contributed by atoms with Gasteiger partial charge in [-0.2, -0.15) is 0 Å². The molecule has 0 saturated carbocycles. The van der Waals surface area contributed by atoms with Crippen molar-refractivity contribution >= 4 is 16.9 Å². The maximum Gasteiger partial charge on any atom is 0.336 e. The highest BCUT2D eigenvalue weighted by atomic mass is 16.5. The average molecular weight is 491 g/mol. The number of ether oxygens (including phenoxy) is 2. The van der Waals surface area contributed by atoms with E-state index in [4.69, 9.17) is 13.9 Å². The number of nitrogens with one attached hydrogen (secondary N) is 1. The molecule has 1 N–H and O–H groups in total. The van der Waals surface area contributed by atoms with Crippen LogP contribution in [0.15, 0.2) is 51.7 Å². The molecule has 1 saturated heterocycles. The van der Waals surface area contributed by atoms with Gasteiger partial charge in [0, 0.05) is 43.4 Å². The van der Waals surface area contributed by atoms with E-state index in [1.807, 2.05) is 32.9 Å². The number of amides is 1. The first-order chi connectivity index (χ1) is 17.3. The summed E-state index contributed by atoms with van der Waals surface area (Å²) in [4.78, 5) is 27.3. The molecule has 2 aromatic carbocycles. The van der Waals surface area contributed by atoms with E-state index in [9.17, 15) is 9.59 Å². The Morgan fingerprint density at radius 1 is 1.17 bits per heavy atom. The first kappa shape index (κ1) is 24.4. The largest absolute Gasteiger partial charge is 0.487 e. The fraction of sp³-hybridized carbons (Fsp3) is 0.448. The van der Waals surface area contributed by atoms with Gasteiger partial charge in [-0.15, -0.1) is 0 Å². The van der Waals surface area contributed by atoms with Crippen LogP contribution >= 0.6 is 0 Å². The zero-order valence-electron chi connectivity index (χ0n) is 21.3. The Kier molecular flexibility index (Phi) is 6.75. The molecular weight excluding hydrogens is 456 g/mol. The number of benzene rings is 2. The minimum atomic E-state index is -0.402. The number of hydrogen-bond donors (Lipinski definition) is 1. The summed E-state index contributed by atoms with van der Waals surface area (Å²) in [6.07, 6.45) is 3.38. The maximum atomic E-state index is 12.8. The third-order valence-electron chi connectivity index (χ3n) is 7.16. The summed E-state index contributed by atoms with van der Waals surface area (Å²) >= 11 is 0. The summed E-state index contributed by atoms with van der Waals surface area (Å²) in [6, 6.07) is 13.9. The molecule has 0 unspecified atom stereocenters. The molecule has 0 spiro atoms. The highest BCUT2D eigenvalue weighted by molar-refractivity contribution is 5.91. The number of carbonyl (C=O) groups is 1. The fourth-order valence-corrected chi connectivity index (χ4v) is 5.22. The second kappa shape index (κ2) is 9.97. The lowest BCUT2D eigenvalue weighted by atomic mass is 9.92. The molecule has 0 radical (unpaired) electrons. The SMILES string of the molecule is Cc1cc(=O)oc2c3c(cc(OCC(=O)NC4CCN(Cc5ccccc5)CC4)c12)OC(C)(C)CC3. The smallest absolute Gasteiger partial charge is 0.336 e. The van der Waals surface area contributed by atoms with Crippen LogP contribution in [0.25, 0.3) is 11.0 Å². The van der Waals surface area contributed by atoms with E-state index in [0.717, 1.165) is 61.8 Å². The molecule has 0 aliphatic carbocycles. The summed E-state index contributed by atoms with van der Waals surface area (Å²) in [5.74, 6) is 0.989. The van der Waals surface area contributed by atoms with Crippen molar-refractivity contribution in [2.45, 2.75) is 64.6 Å². The Morgan fingerprint density at radius 3 is 2.67 bits per heavy atom. The van der Waals surface area contributed by atoms with Gasteiger partial charge in [-0.3, -0.25) is 9.69 Å². The van der Waals surface area contributed by atoms with Gasteiger partial charge in [0.25, 0.3) is 5.91 Å². The number of likely N-dealkylation sites (tertiary alicyclic amines) is 1. The Bertz CT molecular complexity index is 1310. The van der Waals surface area contributed by atoms with Crippen LogP contribution < -0.4 is 20.4 Å². The number of carbonyl (C=O) groups excluding carboxylic acids is 1. The normalized spacial score (nSPS) is 17.9. The number of piperidine rings is 1. The van der Waals surface area contributed by atoms with Gasteiger partial charge in [0.05, 0.1) is 5.39 Å². The lowest BCUT2D eigenvalue weighted by Crippen LogP contribution is -2.45. The number of nitrogens with zero attached hydrogens (tertiary/aromatic N) is 1. The fourth-order valence-electron chi connectivity index (χ4n) is 5.22. The molecule has 36 heavy (non-hydrogen) atoms. The monoisotopic (exact) mass is 490 g/mol. The average Bonchev–Trinajstić information content (AvgIpc) is 2.83. The van der Waals surface area contributed by atoms with E-state index in [1.54, 1.807) is 0 Å². The van der Waals surface area contributed by atoms with Gasteiger partial charge in [0.15, 0.2) is 6.61 Å².